The van der Waals surface area contributed by atoms with Crippen molar-refractivity contribution in [1.29, 1.82) is 0 Å². The van der Waals surface area contributed by atoms with Gasteiger partial charge in [0.25, 0.3) is 0 Å². The van der Waals surface area contributed by atoms with Crippen LogP contribution < -0.4 is 5.73 Å². The van der Waals surface area contributed by atoms with Gasteiger partial charge < -0.3 is 35.4 Å². The zero-order chi connectivity index (χ0) is 41.7. The van der Waals surface area contributed by atoms with Crippen molar-refractivity contribution in [3.63, 3.8) is 0 Å². The number of hydrogen-bond donors (Lipinski definition) is 5. The number of nitrogens with two attached hydrogens (primary N) is 1. The fourth-order valence-electron chi connectivity index (χ4n) is 5.79. The van der Waals surface area contributed by atoms with E-state index in [9.17, 15) is 34.1 Å². The Morgan fingerprint density at radius 1 is 0.607 bits per heavy atom. The van der Waals surface area contributed by atoms with Crippen molar-refractivity contribution in [3.8, 4) is 0 Å². The molecule has 0 rings (SSSR count). The van der Waals surface area contributed by atoms with Gasteiger partial charge in [0.05, 0.1) is 25.4 Å². The largest absolute Gasteiger partial charge is 0.480 e. The Hall–Kier alpha value is -2.12. The number of phosphoric ester groups is 1. The van der Waals surface area contributed by atoms with Crippen LogP contribution in [0.5, 0.6) is 0 Å². The first-order valence-electron chi connectivity index (χ1n) is 21.5. The number of aliphatic hydroxyl groups excluding tert-OH is 2. The molecule has 0 saturated heterocycles. The smallest absolute Gasteiger partial charge is 0.472 e. The normalized spacial score (nSPS) is 15.1. The molecule has 6 N–H and O–H groups in total. The molecule has 328 valence electrons. The van der Waals surface area contributed by atoms with Crippen LogP contribution in [-0.2, 0) is 37.5 Å². The summed E-state index contributed by atoms with van der Waals surface area (Å²) in [6, 6.07) is -1.55. The van der Waals surface area contributed by atoms with E-state index in [0.29, 0.717) is 25.7 Å². The Balaban J connectivity index is 4.50. The third-order valence-electron chi connectivity index (χ3n) is 9.37. The zero-order valence-electron chi connectivity index (χ0n) is 34.7. The van der Waals surface area contributed by atoms with Gasteiger partial charge in [0.1, 0.15) is 12.6 Å². The van der Waals surface area contributed by atoms with Crippen LogP contribution >= 0.6 is 7.82 Å². The molecular weight excluding hydrogens is 741 g/mol. The number of allylic oxidation sites excluding steroid dienone is 3. The van der Waals surface area contributed by atoms with Gasteiger partial charge in [-0.15, -0.1) is 0 Å². The van der Waals surface area contributed by atoms with E-state index in [4.69, 9.17) is 24.8 Å². The number of carbonyl (C=O) groups is 3. The van der Waals surface area contributed by atoms with Crippen molar-refractivity contribution in [2.75, 3.05) is 19.8 Å². The number of unbranched alkanes of at least 4 members (excludes halogenated alkanes) is 18. The summed E-state index contributed by atoms with van der Waals surface area (Å²) in [5, 5.41) is 29.3. The molecule has 0 aliphatic carbocycles. The van der Waals surface area contributed by atoms with Gasteiger partial charge in [0, 0.05) is 12.8 Å². The average molecular weight is 820 g/mol. The first kappa shape index (κ1) is 53.9. The van der Waals surface area contributed by atoms with Crippen molar-refractivity contribution in [2.45, 2.75) is 205 Å². The molecule has 0 spiro atoms. The number of rotatable bonds is 40. The summed E-state index contributed by atoms with van der Waals surface area (Å²) in [6.07, 6.45) is 29.8. The third-order valence-corrected chi connectivity index (χ3v) is 10.3. The van der Waals surface area contributed by atoms with Crippen LogP contribution in [0.4, 0.5) is 0 Å². The molecule has 0 radical (unpaired) electrons. The van der Waals surface area contributed by atoms with Crippen LogP contribution in [0.1, 0.15) is 181 Å². The minimum Gasteiger partial charge on any atom is -0.480 e. The molecule has 0 fully saturated rings. The highest BCUT2D eigenvalue weighted by Gasteiger charge is 2.28. The Kier molecular flexibility index (Phi) is 35.8. The summed E-state index contributed by atoms with van der Waals surface area (Å²) in [5.41, 5.74) is 5.32. The second kappa shape index (κ2) is 37.2. The third kappa shape index (κ3) is 35.1. The van der Waals surface area contributed by atoms with E-state index < -0.39 is 69.9 Å². The quantitative estimate of drug-likeness (QED) is 0.0169. The van der Waals surface area contributed by atoms with Crippen molar-refractivity contribution < 1.29 is 57.7 Å². The Labute approximate surface area is 337 Å². The minimum atomic E-state index is -4.76. The van der Waals surface area contributed by atoms with E-state index >= 15 is 0 Å². The minimum absolute atomic E-state index is 0.0616. The number of ether oxygens (including phenoxy) is 2. The Bertz CT molecular complexity index is 1090. The van der Waals surface area contributed by atoms with E-state index in [2.05, 4.69) is 36.6 Å². The molecule has 56 heavy (non-hydrogen) atoms. The fourth-order valence-corrected chi connectivity index (χ4v) is 6.57. The van der Waals surface area contributed by atoms with Crippen molar-refractivity contribution in [1.82, 2.24) is 0 Å². The van der Waals surface area contributed by atoms with E-state index in [1.165, 1.54) is 44.9 Å². The van der Waals surface area contributed by atoms with E-state index in [1.54, 1.807) is 0 Å². The molecule has 5 atom stereocenters. The second-order valence-electron chi connectivity index (χ2n) is 14.8. The highest BCUT2D eigenvalue weighted by Crippen LogP contribution is 2.43. The molecule has 1 unspecified atom stereocenters. The predicted octanol–water partition coefficient (Wildman–Crippen LogP) is 9.00. The fraction of sp³-hybridized carbons (Fsp3) is 0.833. The number of aliphatic hydroxyl groups is 2. The van der Waals surface area contributed by atoms with Crippen LogP contribution in [0.25, 0.3) is 0 Å². The lowest BCUT2D eigenvalue weighted by atomic mass is 10.0. The van der Waals surface area contributed by atoms with Gasteiger partial charge in [-0.25, -0.2) is 4.57 Å². The number of carboxylic acids is 1. The molecule has 0 aliphatic heterocycles. The van der Waals surface area contributed by atoms with Crippen LogP contribution in [-0.4, -0.2) is 82.3 Å². The molecule has 0 aliphatic rings. The maximum Gasteiger partial charge on any atom is 0.472 e. The molecule has 0 amide bonds. The molecule has 0 bridgehead atoms. The predicted molar refractivity (Wildman–Crippen MR) is 220 cm³/mol. The maximum absolute atomic E-state index is 12.6. The van der Waals surface area contributed by atoms with Crippen molar-refractivity contribution in [3.05, 3.63) is 24.3 Å². The molecule has 0 saturated carbocycles. The molecule has 13 nitrogen and oxygen atoms in total. The summed E-state index contributed by atoms with van der Waals surface area (Å²) in [4.78, 5) is 45.9. The van der Waals surface area contributed by atoms with E-state index in [0.717, 1.165) is 83.5 Å². The maximum atomic E-state index is 12.6. The van der Waals surface area contributed by atoms with Gasteiger partial charge >= 0.3 is 25.7 Å². The monoisotopic (exact) mass is 820 g/mol. The summed E-state index contributed by atoms with van der Waals surface area (Å²) >= 11 is 0. The van der Waals surface area contributed by atoms with Crippen LogP contribution in [0.3, 0.4) is 0 Å². The van der Waals surface area contributed by atoms with Crippen molar-refractivity contribution >= 4 is 25.7 Å². The van der Waals surface area contributed by atoms with Crippen LogP contribution in [0.15, 0.2) is 24.3 Å². The number of aliphatic carboxylic acids is 1. The highest BCUT2D eigenvalue weighted by molar-refractivity contribution is 7.47. The van der Waals surface area contributed by atoms with Gasteiger partial charge in [0.15, 0.2) is 6.10 Å². The molecule has 14 heteroatoms. The average Bonchev–Trinajstić information content (AvgIpc) is 3.17. The zero-order valence-corrected chi connectivity index (χ0v) is 35.6. The number of hydrogen-bond acceptors (Lipinski definition) is 11. The SMILES string of the molecule is CCCCC/C=C\C[C@H](O)[C@@H](O)CCCCCCCC(=O)O[C@H](COC(=O)CCCCCCC/C=C\CCCCCCCC)COP(=O)(O)OC[C@H](N)C(=O)O. The van der Waals surface area contributed by atoms with Gasteiger partial charge in [-0.05, 0) is 64.2 Å². The topological polar surface area (TPSA) is 212 Å². The van der Waals surface area contributed by atoms with Gasteiger partial charge in [-0.1, -0.05) is 128 Å². The lowest BCUT2D eigenvalue weighted by molar-refractivity contribution is -0.161. The summed E-state index contributed by atoms with van der Waals surface area (Å²) in [6.45, 7) is 2.57. The first-order chi connectivity index (χ1) is 26.9. The number of esters is 2. The summed E-state index contributed by atoms with van der Waals surface area (Å²) < 4.78 is 32.6. The van der Waals surface area contributed by atoms with Gasteiger partial charge in [-0.2, -0.15) is 0 Å². The number of carboxylic acid groups (broad SMARTS) is 1. The van der Waals surface area contributed by atoms with Crippen LogP contribution in [0, 0.1) is 0 Å². The summed E-state index contributed by atoms with van der Waals surface area (Å²) in [7, 11) is -4.76. The molecule has 0 heterocycles. The Morgan fingerprint density at radius 3 is 1.66 bits per heavy atom. The second-order valence-corrected chi connectivity index (χ2v) is 16.2. The Morgan fingerprint density at radius 2 is 1.07 bits per heavy atom. The van der Waals surface area contributed by atoms with Crippen molar-refractivity contribution in [2.24, 2.45) is 5.73 Å². The number of phosphoric acid groups is 1. The molecule has 0 aromatic rings. The lowest BCUT2D eigenvalue weighted by Crippen LogP contribution is -2.34. The van der Waals surface area contributed by atoms with E-state index in [-0.39, 0.29) is 12.8 Å². The first-order valence-corrected chi connectivity index (χ1v) is 23.0. The summed E-state index contributed by atoms with van der Waals surface area (Å²) in [5.74, 6) is -2.52. The van der Waals surface area contributed by atoms with Gasteiger partial charge in [-0.3, -0.25) is 23.4 Å². The lowest BCUT2D eigenvalue weighted by Gasteiger charge is -2.20. The highest BCUT2D eigenvalue weighted by atomic mass is 31.2. The van der Waals surface area contributed by atoms with Crippen LogP contribution in [0.2, 0.25) is 0 Å². The molecule has 0 aromatic carbocycles. The van der Waals surface area contributed by atoms with Gasteiger partial charge in [0.2, 0.25) is 0 Å². The molecular formula is C42H78NO12P. The standard InChI is InChI=1S/C42H78NO12P/c1-3-5-7-9-11-12-13-14-15-16-17-18-19-23-27-31-40(46)52-33-36(34-53-56(50,51)54-35-37(43)42(48)49)55-41(47)32-28-24-20-22-26-30-39(45)38(44)29-25-21-10-8-6-4-2/h14-15,21,25,36-39,44-45H,3-13,16-20,22-24,26-35,43H2,1-2H3,(H,48,49)(H,50,51)/b15-14-,25-21-/t36-,37+,38+,39+/m1/s1. The molecule has 0 aromatic heterocycles. The number of carbonyl (C=O) groups excluding carboxylic acids is 2. The van der Waals surface area contributed by atoms with E-state index in [1.807, 2.05) is 6.08 Å².